The Labute approximate surface area is 81.1 Å². The number of H-pyrrole nitrogens is 1. The van der Waals surface area contributed by atoms with Gasteiger partial charge in [-0.05, 0) is 12.8 Å². The molecule has 1 fully saturated rings. The van der Waals surface area contributed by atoms with Crippen LogP contribution in [0.3, 0.4) is 0 Å². The zero-order valence-corrected chi connectivity index (χ0v) is 7.82. The zero-order valence-electron chi connectivity index (χ0n) is 7.82. The third-order valence-electron chi connectivity index (χ3n) is 2.24. The summed E-state index contributed by atoms with van der Waals surface area (Å²) in [7, 11) is 0. The molecular formula is C9H13N3O2. The molecule has 0 saturated heterocycles. The molecule has 2 rings (SSSR count). The maximum absolute atomic E-state index is 11.3. The summed E-state index contributed by atoms with van der Waals surface area (Å²) in [4.78, 5) is 24.8. The van der Waals surface area contributed by atoms with Gasteiger partial charge in [-0.1, -0.05) is 0 Å². The molecule has 76 valence electrons. The Hall–Kier alpha value is -1.52. The second-order valence-corrected chi connectivity index (χ2v) is 3.55. The minimum Gasteiger partial charge on any atom is -0.353 e. The third-order valence-corrected chi connectivity index (χ3v) is 2.24. The van der Waals surface area contributed by atoms with Crippen molar-refractivity contribution in [1.82, 2.24) is 14.9 Å². The van der Waals surface area contributed by atoms with Gasteiger partial charge in [0.1, 0.15) is 0 Å². The minimum absolute atomic E-state index is 0.0283. The van der Waals surface area contributed by atoms with Crippen LogP contribution in [0, 0.1) is 0 Å². The van der Waals surface area contributed by atoms with Gasteiger partial charge in [0.15, 0.2) is 0 Å². The average molecular weight is 195 g/mol. The number of rotatable bonds is 4. The van der Waals surface area contributed by atoms with Crippen molar-refractivity contribution < 1.29 is 4.79 Å². The Balaban J connectivity index is 1.78. The molecule has 0 unspecified atom stereocenters. The molecule has 5 heteroatoms. The van der Waals surface area contributed by atoms with Gasteiger partial charge in [0.25, 0.3) is 0 Å². The van der Waals surface area contributed by atoms with E-state index in [2.05, 4.69) is 10.3 Å². The van der Waals surface area contributed by atoms with Crippen LogP contribution in [-0.2, 0) is 11.3 Å². The molecule has 0 radical (unpaired) electrons. The molecule has 1 aliphatic rings. The van der Waals surface area contributed by atoms with Crippen molar-refractivity contribution >= 4 is 5.91 Å². The highest BCUT2D eigenvalue weighted by Gasteiger charge is 2.22. The van der Waals surface area contributed by atoms with E-state index in [9.17, 15) is 9.59 Å². The summed E-state index contributed by atoms with van der Waals surface area (Å²) >= 11 is 0. The first kappa shape index (κ1) is 9.05. The molecule has 1 aliphatic carbocycles. The first-order valence-electron chi connectivity index (χ1n) is 4.79. The number of carbonyl (C=O) groups is 1. The van der Waals surface area contributed by atoms with E-state index in [1.165, 1.54) is 4.57 Å². The van der Waals surface area contributed by atoms with E-state index in [-0.39, 0.29) is 11.6 Å². The molecule has 0 atom stereocenters. The first-order valence-corrected chi connectivity index (χ1v) is 4.79. The van der Waals surface area contributed by atoms with Gasteiger partial charge < -0.3 is 10.3 Å². The van der Waals surface area contributed by atoms with Gasteiger partial charge in [-0.3, -0.25) is 9.36 Å². The van der Waals surface area contributed by atoms with Gasteiger partial charge in [-0.15, -0.1) is 0 Å². The molecule has 2 N–H and O–H groups in total. The fraction of sp³-hybridized carbons (Fsp3) is 0.556. The molecule has 1 aromatic heterocycles. The molecule has 1 amide bonds. The lowest BCUT2D eigenvalue weighted by molar-refractivity contribution is -0.121. The summed E-state index contributed by atoms with van der Waals surface area (Å²) in [6.07, 6.45) is 5.77. The van der Waals surface area contributed by atoms with Gasteiger partial charge in [0.05, 0.1) is 0 Å². The number of carbonyl (C=O) groups excluding carboxylic acids is 1. The number of hydrogen-bond donors (Lipinski definition) is 2. The number of imidazole rings is 1. The molecule has 0 bridgehead atoms. The number of nitrogens with one attached hydrogen (secondary N) is 2. The Bertz CT molecular complexity index is 375. The first-order chi connectivity index (χ1) is 6.75. The highest BCUT2D eigenvalue weighted by atomic mass is 16.2. The minimum atomic E-state index is -0.163. The smallest absolute Gasteiger partial charge is 0.325 e. The van der Waals surface area contributed by atoms with Crippen molar-refractivity contribution in [2.75, 3.05) is 0 Å². The Kier molecular flexibility index (Phi) is 2.39. The van der Waals surface area contributed by atoms with E-state index in [1.807, 2.05) is 0 Å². The fourth-order valence-corrected chi connectivity index (χ4v) is 1.27. The van der Waals surface area contributed by atoms with E-state index in [4.69, 9.17) is 0 Å². The van der Waals surface area contributed by atoms with Gasteiger partial charge in [-0.25, -0.2) is 4.79 Å². The van der Waals surface area contributed by atoms with E-state index in [0.717, 1.165) is 12.8 Å². The molecule has 5 nitrogen and oxygen atoms in total. The summed E-state index contributed by atoms with van der Waals surface area (Å²) < 4.78 is 1.49. The highest BCUT2D eigenvalue weighted by Crippen LogP contribution is 2.18. The van der Waals surface area contributed by atoms with Crippen LogP contribution in [0.2, 0.25) is 0 Å². The number of hydrogen-bond acceptors (Lipinski definition) is 2. The zero-order chi connectivity index (χ0) is 9.97. The standard InChI is InChI=1S/C9H13N3O2/c13-8(11-7-1-2-7)3-5-12-6-4-10-9(12)14/h4,6-7H,1-3,5H2,(H,10,14)(H,11,13). The van der Waals surface area contributed by atoms with Crippen molar-refractivity contribution in [1.29, 1.82) is 0 Å². The summed E-state index contributed by atoms with van der Waals surface area (Å²) in [5.74, 6) is 0.0283. The van der Waals surface area contributed by atoms with E-state index in [0.29, 0.717) is 19.0 Å². The van der Waals surface area contributed by atoms with Crippen LogP contribution < -0.4 is 11.0 Å². The topological polar surface area (TPSA) is 66.9 Å². The number of nitrogens with zero attached hydrogens (tertiary/aromatic N) is 1. The molecule has 1 saturated carbocycles. The summed E-state index contributed by atoms with van der Waals surface area (Å²) in [6.45, 7) is 0.445. The number of amides is 1. The third kappa shape index (κ3) is 2.25. The van der Waals surface area contributed by atoms with E-state index >= 15 is 0 Å². The van der Waals surface area contributed by atoms with Crippen molar-refractivity contribution in [3.8, 4) is 0 Å². The largest absolute Gasteiger partial charge is 0.353 e. The van der Waals surface area contributed by atoms with Crippen LogP contribution in [0.15, 0.2) is 17.2 Å². The lowest BCUT2D eigenvalue weighted by atomic mass is 10.4. The van der Waals surface area contributed by atoms with Crippen LogP contribution in [-0.4, -0.2) is 21.5 Å². The molecular weight excluding hydrogens is 182 g/mol. The van der Waals surface area contributed by atoms with Crippen LogP contribution in [0.5, 0.6) is 0 Å². The quantitative estimate of drug-likeness (QED) is 0.701. The monoisotopic (exact) mass is 195 g/mol. The fourth-order valence-electron chi connectivity index (χ4n) is 1.27. The summed E-state index contributed by atoms with van der Waals surface area (Å²) in [5.41, 5.74) is -0.163. The molecule has 0 aromatic carbocycles. The second-order valence-electron chi connectivity index (χ2n) is 3.55. The van der Waals surface area contributed by atoms with Crippen LogP contribution in [0.4, 0.5) is 0 Å². The van der Waals surface area contributed by atoms with Crippen molar-refractivity contribution in [2.45, 2.75) is 31.8 Å². The predicted octanol–water partition coefficient (Wildman–Crippen LogP) is -0.155. The van der Waals surface area contributed by atoms with E-state index < -0.39 is 0 Å². The average Bonchev–Trinajstić information content (AvgIpc) is 2.86. The Morgan fingerprint density at radius 3 is 3.00 bits per heavy atom. The van der Waals surface area contributed by atoms with Gasteiger partial charge >= 0.3 is 5.69 Å². The molecule has 1 aromatic rings. The van der Waals surface area contributed by atoms with Gasteiger partial charge in [-0.2, -0.15) is 0 Å². The van der Waals surface area contributed by atoms with Gasteiger partial charge in [0, 0.05) is 31.4 Å². The Morgan fingerprint density at radius 2 is 2.43 bits per heavy atom. The second kappa shape index (κ2) is 3.69. The van der Waals surface area contributed by atoms with Crippen molar-refractivity contribution in [3.05, 3.63) is 22.9 Å². The van der Waals surface area contributed by atoms with Crippen LogP contribution in [0.25, 0.3) is 0 Å². The van der Waals surface area contributed by atoms with Crippen LogP contribution >= 0.6 is 0 Å². The summed E-state index contributed by atoms with van der Waals surface area (Å²) in [5, 5.41) is 2.87. The predicted molar refractivity (Wildman–Crippen MR) is 50.8 cm³/mol. The molecule has 1 heterocycles. The maximum Gasteiger partial charge on any atom is 0.325 e. The number of aryl methyl sites for hydroxylation is 1. The lowest BCUT2D eigenvalue weighted by Gasteiger charge is -2.02. The van der Waals surface area contributed by atoms with Crippen molar-refractivity contribution in [3.63, 3.8) is 0 Å². The number of aromatic nitrogens is 2. The lowest BCUT2D eigenvalue weighted by Crippen LogP contribution is -2.27. The Morgan fingerprint density at radius 1 is 1.64 bits per heavy atom. The molecule has 14 heavy (non-hydrogen) atoms. The van der Waals surface area contributed by atoms with Crippen LogP contribution in [0.1, 0.15) is 19.3 Å². The number of aromatic amines is 1. The van der Waals surface area contributed by atoms with E-state index in [1.54, 1.807) is 12.4 Å². The normalized spacial score (nSPS) is 15.4. The van der Waals surface area contributed by atoms with Crippen molar-refractivity contribution in [2.24, 2.45) is 0 Å². The van der Waals surface area contributed by atoms with Gasteiger partial charge in [0.2, 0.25) is 5.91 Å². The highest BCUT2D eigenvalue weighted by molar-refractivity contribution is 5.76. The SMILES string of the molecule is O=C(CCn1cc[nH]c1=O)NC1CC1. The molecule has 0 aliphatic heterocycles. The molecule has 0 spiro atoms. The summed E-state index contributed by atoms with van der Waals surface area (Å²) in [6, 6.07) is 0.394. The maximum atomic E-state index is 11.3.